The van der Waals surface area contributed by atoms with Crippen molar-refractivity contribution >= 4 is 0 Å². The SMILES string of the molecule is CCc1ccc(C(CC)NCC2(O)CCOC2C)cc1. The van der Waals surface area contributed by atoms with Crippen LogP contribution in [0.1, 0.15) is 50.8 Å². The molecule has 1 aliphatic heterocycles. The van der Waals surface area contributed by atoms with Crippen molar-refractivity contribution < 1.29 is 9.84 Å². The zero-order valence-corrected chi connectivity index (χ0v) is 12.9. The molecule has 2 N–H and O–H groups in total. The third-order valence-electron chi connectivity index (χ3n) is 4.51. The zero-order chi connectivity index (χ0) is 14.6. The van der Waals surface area contributed by atoms with Gasteiger partial charge in [0.05, 0.1) is 6.10 Å². The summed E-state index contributed by atoms with van der Waals surface area (Å²) in [5.74, 6) is 0. The molecule has 0 amide bonds. The number of aliphatic hydroxyl groups is 1. The Morgan fingerprint density at radius 2 is 2.05 bits per heavy atom. The maximum absolute atomic E-state index is 10.5. The Balaban J connectivity index is 1.98. The van der Waals surface area contributed by atoms with Crippen molar-refractivity contribution in [1.29, 1.82) is 0 Å². The summed E-state index contributed by atoms with van der Waals surface area (Å²) < 4.78 is 5.48. The summed E-state index contributed by atoms with van der Waals surface area (Å²) in [6.07, 6.45) is 2.71. The van der Waals surface area contributed by atoms with Gasteiger partial charge in [0.25, 0.3) is 0 Å². The van der Waals surface area contributed by atoms with E-state index in [0.29, 0.717) is 19.6 Å². The molecule has 1 fully saturated rings. The summed E-state index contributed by atoms with van der Waals surface area (Å²) in [4.78, 5) is 0. The first-order valence-electron chi connectivity index (χ1n) is 7.75. The maximum Gasteiger partial charge on any atom is 0.105 e. The van der Waals surface area contributed by atoms with Crippen LogP contribution in [0.3, 0.4) is 0 Å². The van der Waals surface area contributed by atoms with Crippen LogP contribution in [0.2, 0.25) is 0 Å². The highest BCUT2D eigenvalue weighted by molar-refractivity contribution is 5.25. The van der Waals surface area contributed by atoms with Crippen molar-refractivity contribution in [2.24, 2.45) is 0 Å². The second kappa shape index (κ2) is 6.70. The van der Waals surface area contributed by atoms with E-state index in [4.69, 9.17) is 4.74 Å². The molecule has 1 saturated heterocycles. The molecule has 3 unspecified atom stereocenters. The maximum atomic E-state index is 10.5. The van der Waals surface area contributed by atoms with Gasteiger partial charge in [-0.3, -0.25) is 0 Å². The first kappa shape index (κ1) is 15.5. The van der Waals surface area contributed by atoms with E-state index in [1.807, 2.05) is 6.92 Å². The normalized spacial score (nSPS) is 27.7. The van der Waals surface area contributed by atoms with E-state index >= 15 is 0 Å². The Bertz CT molecular complexity index is 418. The van der Waals surface area contributed by atoms with Crippen LogP contribution in [0.4, 0.5) is 0 Å². The Kier molecular flexibility index (Phi) is 5.19. The molecule has 0 bridgehead atoms. The lowest BCUT2D eigenvalue weighted by molar-refractivity contribution is -0.0277. The summed E-state index contributed by atoms with van der Waals surface area (Å²) in [5.41, 5.74) is 1.93. The highest BCUT2D eigenvalue weighted by Gasteiger charge is 2.39. The fourth-order valence-corrected chi connectivity index (χ4v) is 2.79. The van der Waals surface area contributed by atoms with Gasteiger partial charge in [-0.2, -0.15) is 0 Å². The molecule has 1 aromatic rings. The highest BCUT2D eigenvalue weighted by Crippen LogP contribution is 2.26. The van der Waals surface area contributed by atoms with E-state index in [1.165, 1.54) is 11.1 Å². The molecule has 3 heteroatoms. The number of hydrogen-bond donors (Lipinski definition) is 2. The van der Waals surface area contributed by atoms with Crippen molar-refractivity contribution in [3.05, 3.63) is 35.4 Å². The van der Waals surface area contributed by atoms with Gasteiger partial charge in [0.15, 0.2) is 0 Å². The molecule has 0 aromatic heterocycles. The first-order chi connectivity index (χ1) is 9.59. The fraction of sp³-hybridized carbons (Fsp3) is 0.647. The summed E-state index contributed by atoms with van der Waals surface area (Å²) in [7, 11) is 0. The van der Waals surface area contributed by atoms with Gasteiger partial charge in [0.1, 0.15) is 5.60 Å². The van der Waals surface area contributed by atoms with Crippen molar-refractivity contribution in [3.63, 3.8) is 0 Å². The summed E-state index contributed by atoms with van der Waals surface area (Å²) in [6, 6.07) is 9.06. The van der Waals surface area contributed by atoms with Gasteiger partial charge in [-0.15, -0.1) is 0 Å². The van der Waals surface area contributed by atoms with Gasteiger partial charge in [-0.1, -0.05) is 38.1 Å². The molecule has 20 heavy (non-hydrogen) atoms. The molecule has 0 spiro atoms. The monoisotopic (exact) mass is 277 g/mol. The predicted molar refractivity (Wildman–Crippen MR) is 81.8 cm³/mol. The molecule has 0 saturated carbocycles. The number of aryl methyl sites for hydroxylation is 1. The summed E-state index contributed by atoms with van der Waals surface area (Å²) >= 11 is 0. The van der Waals surface area contributed by atoms with Gasteiger partial charge >= 0.3 is 0 Å². The van der Waals surface area contributed by atoms with E-state index in [9.17, 15) is 5.11 Å². The lowest BCUT2D eigenvalue weighted by Gasteiger charge is -2.29. The number of ether oxygens (including phenoxy) is 1. The molecule has 3 atom stereocenters. The van der Waals surface area contributed by atoms with Gasteiger partial charge in [-0.05, 0) is 30.9 Å². The van der Waals surface area contributed by atoms with Crippen molar-refractivity contribution in [2.75, 3.05) is 13.2 Å². The quantitative estimate of drug-likeness (QED) is 0.840. The molecule has 1 heterocycles. The van der Waals surface area contributed by atoms with E-state index in [-0.39, 0.29) is 12.1 Å². The molecule has 1 aromatic carbocycles. The minimum Gasteiger partial charge on any atom is -0.386 e. The van der Waals surface area contributed by atoms with Crippen molar-refractivity contribution in [3.8, 4) is 0 Å². The molecule has 0 radical (unpaired) electrons. The predicted octanol–water partition coefficient (Wildman–Crippen LogP) is 2.83. The third kappa shape index (κ3) is 3.40. The van der Waals surface area contributed by atoms with E-state index < -0.39 is 5.60 Å². The molecule has 1 aliphatic rings. The molecule has 112 valence electrons. The second-order valence-corrected chi connectivity index (χ2v) is 5.80. The topological polar surface area (TPSA) is 41.5 Å². The van der Waals surface area contributed by atoms with Crippen molar-refractivity contribution in [2.45, 2.75) is 57.8 Å². The molecule has 0 aliphatic carbocycles. The summed E-state index contributed by atoms with van der Waals surface area (Å²) in [6.45, 7) is 7.53. The van der Waals surface area contributed by atoms with Crippen molar-refractivity contribution in [1.82, 2.24) is 5.32 Å². The van der Waals surface area contributed by atoms with Crippen LogP contribution in [0, 0.1) is 0 Å². The molecular formula is C17H27NO2. The second-order valence-electron chi connectivity index (χ2n) is 5.80. The molecule has 3 nitrogen and oxygen atoms in total. The van der Waals surface area contributed by atoms with Gasteiger partial charge in [0, 0.05) is 25.6 Å². The number of hydrogen-bond acceptors (Lipinski definition) is 3. The number of nitrogens with one attached hydrogen (secondary N) is 1. The van der Waals surface area contributed by atoms with Gasteiger partial charge < -0.3 is 15.2 Å². The Labute approximate surface area is 122 Å². The van der Waals surface area contributed by atoms with Crippen LogP contribution in [0.15, 0.2) is 24.3 Å². The third-order valence-corrected chi connectivity index (χ3v) is 4.51. The van der Waals surface area contributed by atoms with Crippen LogP contribution in [-0.2, 0) is 11.2 Å². The lowest BCUT2D eigenvalue weighted by Crippen LogP contribution is -2.46. The van der Waals surface area contributed by atoms with Gasteiger partial charge in [0.2, 0.25) is 0 Å². The Morgan fingerprint density at radius 1 is 1.35 bits per heavy atom. The van der Waals surface area contributed by atoms with Crippen LogP contribution < -0.4 is 5.32 Å². The zero-order valence-electron chi connectivity index (χ0n) is 12.9. The number of rotatable bonds is 6. The largest absolute Gasteiger partial charge is 0.386 e. The average Bonchev–Trinajstić information content (AvgIpc) is 2.80. The molecule has 2 rings (SSSR count). The van der Waals surface area contributed by atoms with Crippen LogP contribution >= 0.6 is 0 Å². The first-order valence-corrected chi connectivity index (χ1v) is 7.75. The van der Waals surface area contributed by atoms with Crippen LogP contribution in [0.5, 0.6) is 0 Å². The Morgan fingerprint density at radius 3 is 2.55 bits per heavy atom. The fourth-order valence-electron chi connectivity index (χ4n) is 2.79. The minimum atomic E-state index is -0.725. The Hall–Kier alpha value is -0.900. The average molecular weight is 277 g/mol. The van der Waals surface area contributed by atoms with Gasteiger partial charge in [-0.25, -0.2) is 0 Å². The minimum absolute atomic E-state index is 0.0880. The molecular weight excluding hydrogens is 250 g/mol. The number of benzene rings is 1. The standard InChI is InChI=1S/C17H27NO2/c1-4-14-6-8-15(9-7-14)16(5-2)18-12-17(19)10-11-20-13(17)3/h6-9,13,16,18-19H,4-5,10-12H2,1-3H3. The lowest BCUT2D eigenvalue weighted by atomic mass is 9.95. The van der Waals surface area contributed by atoms with E-state index in [1.54, 1.807) is 0 Å². The summed E-state index contributed by atoms with van der Waals surface area (Å²) in [5, 5.41) is 14.1. The highest BCUT2D eigenvalue weighted by atomic mass is 16.5. The smallest absolute Gasteiger partial charge is 0.105 e. The van der Waals surface area contributed by atoms with E-state index in [2.05, 4.69) is 43.4 Å². The van der Waals surface area contributed by atoms with Crippen LogP contribution in [0.25, 0.3) is 0 Å². The van der Waals surface area contributed by atoms with Crippen LogP contribution in [-0.4, -0.2) is 30.0 Å². The van der Waals surface area contributed by atoms with E-state index in [0.717, 1.165) is 12.8 Å².